The number of halogens is 1. The summed E-state index contributed by atoms with van der Waals surface area (Å²) in [6, 6.07) is 8.73. The number of anilines is 3. The lowest BCUT2D eigenvalue weighted by Gasteiger charge is -2.26. The van der Waals surface area contributed by atoms with Gasteiger partial charge in [0, 0.05) is 28.1 Å². The first-order valence-electron chi connectivity index (χ1n) is 10.5. The van der Waals surface area contributed by atoms with Crippen LogP contribution in [0.5, 0.6) is 5.88 Å². The van der Waals surface area contributed by atoms with Gasteiger partial charge in [-0.15, -0.1) is 11.3 Å². The molecule has 6 rings (SSSR count). The van der Waals surface area contributed by atoms with Crippen molar-refractivity contribution in [3.05, 3.63) is 41.2 Å². The molecule has 4 aromatic rings. The Morgan fingerprint density at radius 3 is 2.91 bits per heavy atom. The van der Waals surface area contributed by atoms with Gasteiger partial charge in [-0.2, -0.15) is 14.4 Å². The van der Waals surface area contributed by atoms with E-state index < -0.39 is 5.95 Å². The fourth-order valence-electron chi connectivity index (χ4n) is 3.88. The molecule has 1 atom stereocenters. The lowest BCUT2D eigenvalue weighted by Crippen LogP contribution is -2.38. The highest BCUT2D eigenvalue weighted by Crippen LogP contribution is 2.41. The fourth-order valence-corrected chi connectivity index (χ4v) is 4.97. The van der Waals surface area contributed by atoms with Crippen LogP contribution in [-0.4, -0.2) is 52.8 Å². The Balaban J connectivity index is 1.35. The van der Waals surface area contributed by atoms with Crippen LogP contribution in [0.25, 0.3) is 21.0 Å². The third-order valence-corrected chi connectivity index (χ3v) is 6.65. The van der Waals surface area contributed by atoms with Gasteiger partial charge in [-0.25, -0.2) is 4.98 Å². The lowest BCUT2D eigenvalue weighted by molar-refractivity contribution is -0.0814. The third kappa shape index (κ3) is 3.68. The topological polar surface area (TPSA) is 110 Å². The molecule has 0 spiro atoms. The maximum atomic E-state index is 14.0. The third-order valence-electron chi connectivity index (χ3n) is 5.50. The predicted molar refractivity (Wildman–Crippen MR) is 123 cm³/mol. The summed E-state index contributed by atoms with van der Waals surface area (Å²) in [6.07, 6.45) is -0.132. The largest absolute Gasteiger partial charge is 0.469 e. The fraction of sp³-hybridized carbons (Fsp3) is 0.273. The Hall–Kier alpha value is -3.57. The molecule has 0 aliphatic carbocycles. The van der Waals surface area contributed by atoms with Gasteiger partial charge in [0.15, 0.2) is 0 Å². The van der Waals surface area contributed by atoms with E-state index in [1.54, 1.807) is 6.07 Å². The molecule has 1 amide bonds. The van der Waals surface area contributed by atoms with Crippen molar-refractivity contribution in [3.63, 3.8) is 0 Å². The highest BCUT2D eigenvalue weighted by molar-refractivity contribution is 7.21. The maximum Gasteiger partial charge on any atom is 0.263 e. The predicted octanol–water partition coefficient (Wildman–Crippen LogP) is 3.44. The molecule has 11 heteroatoms. The molecule has 0 bridgehead atoms. The van der Waals surface area contributed by atoms with Gasteiger partial charge in [0.05, 0.1) is 30.5 Å². The molecule has 0 saturated carbocycles. The van der Waals surface area contributed by atoms with Crippen LogP contribution >= 0.6 is 11.3 Å². The van der Waals surface area contributed by atoms with E-state index in [0.29, 0.717) is 30.5 Å². The second-order valence-corrected chi connectivity index (χ2v) is 9.07. The van der Waals surface area contributed by atoms with E-state index in [1.807, 2.05) is 25.1 Å². The zero-order valence-electron chi connectivity index (χ0n) is 17.5. The molecule has 0 radical (unpaired) electrons. The normalized spacial score (nSPS) is 18.2. The number of carbonyl (C=O) groups is 1. The van der Waals surface area contributed by atoms with E-state index in [4.69, 9.17) is 9.47 Å². The second kappa shape index (κ2) is 7.78. The van der Waals surface area contributed by atoms with E-state index in [-0.39, 0.29) is 29.9 Å². The molecule has 1 aromatic carbocycles. The number of nitrogens with zero attached hydrogens (tertiary/aromatic N) is 3. The van der Waals surface area contributed by atoms with Crippen molar-refractivity contribution < 1.29 is 18.7 Å². The lowest BCUT2D eigenvalue weighted by atomic mass is 10.1. The van der Waals surface area contributed by atoms with Crippen LogP contribution in [0.1, 0.15) is 16.6 Å². The van der Waals surface area contributed by atoms with Crippen LogP contribution < -0.4 is 20.7 Å². The van der Waals surface area contributed by atoms with E-state index in [1.165, 1.54) is 11.3 Å². The van der Waals surface area contributed by atoms with Crippen molar-refractivity contribution in [3.8, 4) is 5.88 Å². The molecule has 0 unspecified atom stereocenters. The molecule has 3 N–H and O–H groups in total. The van der Waals surface area contributed by atoms with E-state index in [2.05, 4.69) is 30.9 Å². The van der Waals surface area contributed by atoms with Gasteiger partial charge < -0.3 is 25.4 Å². The minimum Gasteiger partial charge on any atom is -0.469 e. The molecular formula is C22H19FN6O3S. The Bertz CT molecular complexity index is 1410. The first-order chi connectivity index (χ1) is 16.0. The number of hydrogen-bond donors (Lipinski definition) is 3. The molecule has 2 aliphatic heterocycles. The van der Waals surface area contributed by atoms with E-state index in [9.17, 15) is 9.18 Å². The van der Waals surface area contributed by atoms with E-state index in [0.717, 1.165) is 32.7 Å². The van der Waals surface area contributed by atoms with Crippen molar-refractivity contribution in [2.75, 3.05) is 30.4 Å². The first kappa shape index (κ1) is 20.1. The first-order valence-corrected chi connectivity index (χ1v) is 11.3. The summed E-state index contributed by atoms with van der Waals surface area (Å²) in [6.45, 7) is 3.52. The Morgan fingerprint density at radius 1 is 1.21 bits per heavy atom. The molecule has 1 saturated heterocycles. The Morgan fingerprint density at radius 2 is 2.09 bits per heavy atom. The average molecular weight is 466 g/mol. The summed E-state index contributed by atoms with van der Waals surface area (Å²) < 4.78 is 25.6. The van der Waals surface area contributed by atoms with Gasteiger partial charge in [-0.1, -0.05) is 0 Å². The van der Waals surface area contributed by atoms with Gasteiger partial charge in [0.2, 0.25) is 17.8 Å². The molecule has 1 fully saturated rings. The van der Waals surface area contributed by atoms with Gasteiger partial charge in [0.25, 0.3) is 5.91 Å². The smallest absolute Gasteiger partial charge is 0.263 e. The zero-order valence-corrected chi connectivity index (χ0v) is 18.3. The van der Waals surface area contributed by atoms with Crippen LogP contribution in [0.4, 0.5) is 21.8 Å². The van der Waals surface area contributed by atoms with Gasteiger partial charge in [-0.3, -0.25) is 4.79 Å². The number of carbonyl (C=O) groups excluding carboxylic acids is 1. The number of hydrogen-bond acceptors (Lipinski definition) is 9. The number of amides is 1. The molecule has 3 aromatic heterocycles. The molecule has 168 valence electrons. The number of thiophene rings is 1. The number of fused-ring (bicyclic) bond motifs is 5. The minimum absolute atomic E-state index is 0.0352. The summed E-state index contributed by atoms with van der Waals surface area (Å²) >= 11 is 1.46. The number of benzene rings is 1. The van der Waals surface area contributed by atoms with Gasteiger partial charge in [0.1, 0.15) is 16.8 Å². The highest BCUT2D eigenvalue weighted by atomic mass is 32.1. The summed E-state index contributed by atoms with van der Waals surface area (Å²) in [7, 11) is 0. The Kier molecular flexibility index (Phi) is 4.73. The molecule has 2 aliphatic rings. The number of pyridine rings is 1. The van der Waals surface area contributed by atoms with Crippen molar-refractivity contribution in [1.82, 2.24) is 20.3 Å². The molecule has 5 heterocycles. The zero-order chi connectivity index (χ0) is 22.5. The summed E-state index contributed by atoms with van der Waals surface area (Å²) in [5.41, 5.74) is 1.56. The minimum atomic E-state index is -0.704. The quantitative estimate of drug-likeness (QED) is 0.393. The van der Waals surface area contributed by atoms with Gasteiger partial charge >= 0.3 is 0 Å². The standard InChI is InChI=1S/C22H19FN6O3S/c1-10-7-24-19-18-12-2-5-16(26-13(12)3-4-14(18)33-20(19)21(30)25-10)28-22-27-15(23)6-17(29-22)32-11-8-31-9-11/h2-6,10-11,24H,7-9H2,1H3,(H,25,30)(H,26,27,28,29)/t10-/m0/s1. The van der Waals surface area contributed by atoms with Crippen LogP contribution in [-0.2, 0) is 4.74 Å². The highest BCUT2D eigenvalue weighted by Gasteiger charge is 2.25. The monoisotopic (exact) mass is 466 g/mol. The van der Waals surface area contributed by atoms with Crippen molar-refractivity contribution >= 4 is 55.7 Å². The number of rotatable bonds is 4. The molecule has 33 heavy (non-hydrogen) atoms. The van der Waals surface area contributed by atoms with Crippen LogP contribution in [0.2, 0.25) is 0 Å². The van der Waals surface area contributed by atoms with Crippen molar-refractivity contribution in [2.24, 2.45) is 0 Å². The number of aromatic nitrogens is 3. The second-order valence-electron chi connectivity index (χ2n) is 8.02. The SMILES string of the molecule is C[C@H]1CNc2c(sc3ccc4nc(Nc5nc(F)cc(OC6COC6)n5)ccc4c23)C(=O)N1. The van der Waals surface area contributed by atoms with Crippen molar-refractivity contribution in [1.29, 1.82) is 0 Å². The average Bonchev–Trinajstić information content (AvgIpc) is 3.07. The summed E-state index contributed by atoms with van der Waals surface area (Å²) in [5, 5.41) is 11.2. The number of ether oxygens (including phenoxy) is 2. The summed E-state index contributed by atoms with van der Waals surface area (Å²) in [4.78, 5) is 25.9. The van der Waals surface area contributed by atoms with Crippen molar-refractivity contribution in [2.45, 2.75) is 19.1 Å². The molecular weight excluding hydrogens is 447 g/mol. The van der Waals surface area contributed by atoms with Gasteiger partial charge in [-0.05, 0) is 31.2 Å². The Labute approximate surface area is 191 Å². The number of nitrogens with one attached hydrogen (secondary N) is 3. The van der Waals surface area contributed by atoms with Crippen LogP contribution in [0.15, 0.2) is 30.3 Å². The van der Waals surface area contributed by atoms with E-state index >= 15 is 0 Å². The maximum absolute atomic E-state index is 14.0. The van der Waals surface area contributed by atoms with Crippen LogP contribution in [0, 0.1) is 5.95 Å². The summed E-state index contributed by atoms with van der Waals surface area (Å²) in [5.74, 6) is -0.121. The molecule has 9 nitrogen and oxygen atoms in total. The van der Waals surface area contributed by atoms with Crippen LogP contribution in [0.3, 0.4) is 0 Å².